The molecule has 3 heterocycles. The molecule has 0 N–H and O–H groups in total. The highest BCUT2D eigenvalue weighted by Gasteiger charge is 2.17. The number of fused-ring (bicyclic) bond motifs is 2. The van der Waals surface area contributed by atoms with E-state index >= 15 is 0 Å². The molecule has 4 nitrogen and oxygen atoms in total. The number of hydrogen-bond acceptors (Lipinski definition) is 5. The lowest BCUT2D eigenvalue weighted by Crippen LogP contribution is -2.10. The lowest BCUT2D eigenvalue weighted by Gasteiger charge is -2.10. The number of nitrogens with zero attached hydrogens (tertiary/aromatic N) is 2. The molecule has 0 atom stereocenters. The van der Waals surface area contributed by atoms with Crippen LogP contribution in [0.1, 0.15) is 10.4 Å². The van der Waals surface area contributed by atoms with Crippen molar-refractivity contribution in [2.24, 2.45) is 0 Å². The van der Waals surface area contributed by atoms with Crippen molar-refractivity contribution in [3.05, 3.63) is 89.9 Å². The molecular formula is C23H14N2O2S. The third kappa shape index (κ3) is 2.92. The molecule has 0 saturated heterocycles. The van der Waals surface area contributed by atoms with Crippen molar-refractivity contribution in [2.75, 3.05) is 0 Å². The molecule has 0 unspecified atom stereocenters. The van der Waals surface area contributed by atoms with Gasteiger partial charge in [-0.2, -0.15) is 0 Å². The van der Waals surface area contributed by atoms with Crippen molar-refractivity contribution in [3.8, 4) is 16.3 Å². The van der Waals surface area contributed by atoms with E-state index in [-0.39, 0.29) is 0 Å². The van der Waals surface area contributed by atoms with Crippen molar-refractivity contribution in [2.45, 2.75) is 0 Å². The van der Waals surface area contributed by atoms with Gasteiger partial charge in [0.25, 0.3) is 0 Å². The summed E-state index contributed by atoms with van der Waals surface area (Å²) in [6.07, 6.45) is 1.69. The highest BCUT2D eigenvalue weighted by Crippen LogP contribution is 2.29. The van der Waals surface area contributed by atoms with E-state index < -0.39 is 5.97 Å². The minimum Gasteiger partial charge on any atom is -0.421 e. The first-order chi connectivity index (χ1) is 13.8. The average molecular weight is 382 g/mol. The predicted molar refractivity (Wildman–Crippen MR) is 112 cm³/mol. The Bertz CT molecular complexity index is 1310. The number of ether oxygens (including phenoxy) is 1. The number of benzene rings is 2. The van der Waals surface area contributed by atoms with Gasteiger partial charge in [0.1, 0.15) is 5.52 Å². The van der Waals surface area contributed by atoms with Crippen LogP contribution in [0.3, 0.4) is 0 Å². The van der Waals surface area contributed by atoms with Crippen molar-refractivity contribution in [1.82, 2.24) is 9.97 Å². The zero-order chi connectivity index (χ0) is 18.9. The number of pyridine rings is 2. The summed E-state index contributed by atoms with van der Waals surface area (Å²) >= 11 is 1.59. The fraction of sp³-hybridized carbons (Fsp3) is 0. The maximum Gasteiger partial charge on any atom is 0.344 e. The molecular weight excluding hydrogens is 368 g/mol. The Kier molecular flexibility index (Phi) is 4.07. The SMILES string of the molecule is O=C(Oc1cccc2cccnc12)c1cc(-c2cccs2)nc2ccccc12. The van der Waals surface area contributed by atoms with Gasteiger partial charge < -0.3 is 4.74 Å². The molecule has 134 valence electrons. The van der Waals surface area contributed by atoms with E-state index in [1.165, 1.54) is 0 Å². The number of carbonyl (C=O) groups is 1. The number of para-hydroxylation sites is 2. The largest absolute Gasteiger partial charge is 0.421 e. The Labute approximate surface area is 165 Å². The normalized spacial score (nSPS) is 11.0. The molecule has 0 fully saturated rings. The van der Waals surface area contributed by atoms with Gasteiger partial charge in [0.2, 0.25) is 0 Å². The van der Waals surface area contributed by atoms with Crippen LogP contribution in [-0.4, -0.2) is 15.9 Å². The zero-order valence-electron chi connectivity index (χ0n) is 14.7. The van der Waals surface area contributed by atoms with Crippen LogP contribution in [0.2, 0.25) is 0 Å². The summed E-state index contributed by atoms with van der Waals surface area (Å²) in [7, 11) is 0. The molecule has 3 aromatic heterocycles. The van der Waals surface area contributed by atoms with Crippen molar-refractivity contribution < 1.29 is 9.53 Å². The molecule has 0 aliphatic heterocycles. The smallest absolute Gasteiger partial charge is 0.344 e. The summed E-state index contributed by atoms with van der Waals surface area (Å²) in [6, 6.07) is 22.7. The van der Waals surface area contributed by atoms with E-state index in [0.717, 1.165) is 26.9 Å². The van der Waals surface area contributed by atoms with Crippen LogP contribution < -0.4 is 4.74 Å². The molecule has 5 rings (SSSR count). The van der Waals surface area contributed by atoms with Gasteiger partial charge in [0.05, 0.1) is 21.7 Å². The fourth-order valence-electron chi connectivity index (χ4n) is 3.21. The van der Waals surface area contributed by atoms with Crippen molar-refractivity contribution >= 4 is 39.1 Å². The van der Waals surface area contributed by atoms with Crippen molar-refractivity contribution in [3.63, 3.8) is 0 Å². The number of aromatic nitrogens is 2. The second-order valence-corrected chi connectivity index (χ2v) is 7.22. The fourth-order valence-corrected chi connectivity index (χ4v) is 3.89. The number of thiophene rings is 1. The topological polar surface area (TPSA) is 52.1 Å². The lowest BCUT2D eigenvalue weighted by molar-refractivity contribution is 0.0739. The Morgan fingerprint density at radius 3 is 2.71 bits per heavy atom. The average Bonchev–Trinajstić information content (AvgIpc) is 3.28. The van der Waals surface area contributed by atoms with Gasteiger partial charge in [-0.3, -0.25) is 4.98 Å². The molecule has 2 aromatic carbocycles. The van der Waals surface area contributed by atoms with Gasteiger partial charge in [-0.25, -0.2) is 9.78 Å². The summed E-state index contributed by atoms with van der Waals surface area (Å²) in [5, 5.41) is 3.68. The van der Waals surface area contributed by atoms with Crippen LogP contribution in [0.5, 0.6) is 5.75 Å². The van der Waals surface area contributed by atoms with Crippen LogP contribution in [0.25, 0.3) is 32.4 Å². The molecule has 0 spiro atoms. The van der Waals surface area contributed by atoms with Crippen LogP contribution in [0.4, 0.5) is 0 Å². The minimum absolute atomic E-state index is 0.422. The van der Waals surface area contributed by atoms with Crippen LogP contribution >= 0.6 is 11.3 Å². The molecule has 28 heavy (non-hydrogen) atoms. The Balaban J connectivity index is 1.62. The first-order valence-electron chi connectivity index (χ1n) is 8.79. The monoisotopic (exact) mass is 382 g/mol. The zero-order valence-corrected chi connectivity index (χ0v) is 15.5. The highest BCUT2D eigenvalue weighted by molar-refractivity contribution is 7.13. The van der Waals surface area contributed by atoms with Crippen LogP contribution in [0, 0.1) is 0 Å². The van der Waals surface area contributed by atoms with E-state index in [2.05, 4.69) is 4.98 Å². The second-order valence-electron chi connectivity index (χ2n) is 6.27. The Morgan fingerprint density at radius 1 is 0.929 bits per heavy atom. The number of rotatable bonds is 3. The Hall–Kier alpha value is -3.57. The maximum absolute atomic E-state index is 13.1. The first kappa shape index (κ1) is 16.6. The predicted octanol–water partition coefficient (Wildman–Crippen LogP) is 5.73. The lowest BCUT2D eigenvalue weighted by atomic mass is 10.1. The first-order valence-corrected chi connectivity index (χ1v) is 9.67. The second kappa shape index (κ2) is 6.87. The molecule has 0 bridgehead atoms. The van der Waals surface area contributed by atoms with Gasteiger partial charge in [0.15, 0.2) is 5.75 Å². The highest BCUT2D eigenvalue weighted by atomic mass is 32.1. The standard InChI is InChI=1S/C23H14N2O2S/c26-23(27-20-10-3-6-15-7-4-12-24-22(15)20)17-14-19(21-11-5-13-28-21)25-18-9-2-1-8-16(17)18/h1-14H. The van der Waals surface area contributed by atoms with E-state index in [0.29, 0.717) is 16.8 Å². The number of hydrogen-bond donors (Lipinski definition) is 0. The third-order valence-corrected chi connectivity index (χ3v) is 5.40. The molecule has 0 amide bonds. The summed E-state index contributed by atoms with van der Waals surface area (Å²) < 4.78 is 5.77. The molecule has 0 saturated carbocycles. The molecule has 0 radical (unpaired) electrons. The van der Waals surface area contributed by atoms with Gasteiger partial charge in [-0.1, -0.05) is 42.5 Å². The quantitative estimate of drug-likeness (QED) is 0.295. The van der Waals surface area contributed by atoms with Gasteiger partial charge in [-0.15, -0.1) is 11.3 Å². The van der Waals surface area contributed by atoms with Crippen molar-refractivity contribution in [1.29, 1.82) is 0 Å². The summed E-state index contributed by atoms with van der Waals surface area (Å²) in [5.41, 5.74) is 2.67. The van der Waals surface area contributed by atoms with E-state index in [9.17, 15) is 4.79 Å². The Morgan fingerprint density at radius 2 is 1.82 bits per heavy atom. The van der Waals surface area contributed by atoms with E-state index in [1.54, 1.807) is 29.7 Å². The van der Waals surface area contributed by atoms with Crippen LogP contribution in [0.15, 0.2) is 84.4 Å². The van der Waals surface area contributed by atoms with Crippen LogP contribution in [-0.2, 0) is 0 Å². The van der Waals surface area contributed by atoms with Gasteiger partial charge >= 0.3 is 5.97 Å². The summed E-state index contributed by atoms with van der Waals surface area (Å²) in [6.45, 7) is 0. The number of esters is 1. The summed E-state index contributed by atoms with van der Waals surface area (Å²) in [4.78, 5) is 23.2. The van der Waals surface area contributed by atoms with Gasteiger partial charge in [0, 0.05) is 17.0 Å². The maximum atomic E-state index is 13.1. The van der Waals surface area contributed by atoms with E-state index in [4.69, 9.17) is 9.72 Å². The molecule has 5 heteroatoms. The van der Waals surface area contributed by atoms with E-state index in [1.807, 2.05) is 66.0 Å². The third-order valence-electron chi connectivity index (χ3n) is 4.51. The molecule has 0 aliphatic rings. The molecule has 5 aromatic rings. The minimum atomic E-state index is -0.422. The molecule has 0 aliphatic carbocycles. The number of carbonyl (C=O) groups excluding carboxylic acids is 1. The summed E-state index contributed by atoms with van der Waals surface area (Å²) in [5.74, 6) is 0.0243. The van der Waals surface area contributed by atoms with Gasteiger partial charge in [-0.05, 0) is 35.7 Å².